The maximum Gasteiger partial charge on any atom is 0.225 e. The zero-order valence-corrected chi connectivity index (χ0v) is 11.2. The van der Waals surface area contributed by atoms with Crippen LogP contribution in [0.1, 0.15) is 39.5 Å². The molecule has 1 N–H and O–H groups in total. The summed E-state index contributed by atoms with van der Waals surface area (Å²) < 4.78 is 0. The van der Waals surface area contributed by atoms with E-state index in [1.807, 2.05) is 4.90 Å². The third kappa shape index (κ3) is 2.67. The van der Waals surface area contributed by atoms with Crippen LogP contribution in [0.2, 0.25) is 0 Å². The van der Waals surface area contributed by atoms with Crippen LogP contribution in [-0.2, 0) is 4.79 Å². The van der Waals surface area contributed by atoms with Crippen LogP contribution in [0.15, 0.2) is 0 Å². The Morgan fingerprint density at radius 1 is 1.39 bits per heavy atom. The number of hydrogen-bond acceptors (Lipinski definition) is 3. The summed E-state index contributed by atoms with van der Waals surface area (Å²) in [5.74, 6) is 0.470. The van der Waals surface area contributed by atoms with Crippen LogP contribution in [0.4, 0.5) is 0 Å². The Kier molecular flexibility index (Phi) is 3.63. The second-order valence-electron chi connectivity index (χ2n) is 6.28. The average molecular weight is 250 g/mol. The molecule has 0 aromatic rings. The van der Waals surface area contributed by atoms with Crippen molar-refractivity contribution in [3.8, 4) is 6.07 Å². The predicted octanol–water partition coefficient (Wildman–Crippen LogP) is 1.55. The van der Waals surface area contributed by atoms with Crippen molar-refractivity contribution in [2.75, 3.05) is 13.1 Å². The minimum absolute atomic E-state index is 0.0335. The van der Waals surface area contributed by atoms with Crippen LogP contribution in [0.25, 0.3) is 0 Å². The maximum atomic E-state index is 12.2. The van der Waals surface area contributed by atoms with Crippen molar-refractivity contribution in [2.24, 2.45) is 17.8 Å². The first-order valence-electron chi connectivity index (χ1n) is 6.82. The zero-order valence-electron chi connectivity index (χ0n) is 11.2. The molecule has 1 aliphatic heterocycles. The molecule has 2 fully saturated rings. The van der Waals surface area contributed by atoms with Gasteiger partial charge in [0.1, 0.15) is 0 Å². The number of likely N-dealkylation sites (tertiary alicyclic amines) is 1. The van der Waals surface area contributed by atoms with E-state index < -0.39 is 5.60 Å². The van der Waals surface area contributed by atoms with Crippen molar-refractivity contribution in [3.05, 3.63) is 0 Å². The average Bonchev–Trinajstić information content (AvgIpc) is 2.25. The Morgan fingerprint density at radius 3 is 2.61 bits per heavy atom. The lowest BCUT2D eigenvalue weighted by atomic mass is 9.79. The molecule has 0 radical (unpaired) electrons. The minimum atomic E-state index is -0.696. The third-order valence-corrected chi connectivity index (χ3v) is 4.40. The second-order valence-corrected chi connectivity index (χ2v) is 6.28. The molecule has 0 unspecified atom stereocenters. The molecule has 0 bridgehead atoms. The first kappa shape index (κ1) is 13.4. The SMILES string of the molecule is CC(C)(O)C1CN(C(=O)[C@@H]2CCC[C@H](C#N)C2)C1. The normalized spacial score (nSPS) is 29.6. The van der Waals surface area contributed by atoms with Crippen LogP contribution in [0.3, 0.4) is 0 Å². The van der Waals surface area contributed by atoms with Gasteiger partial charge in [-0.15, -0.1) is 0 Å². The highest BCUT2D eigenvalue weighted by molar-refractivity contribution is 5.79. The smallest absolute Gasteiger partial charge is 0.225 e. The lowest BCUT2D eigenvalue weighted by Gasteiger charge is -2.46. The standard InChI is InChI=1S/C14H22N2O2/c1-14(2,18)12-8-16(9-12)13(17)11-5-3-4-10(6-11)7-15/h10-12,18H,3-6,8-9H2,1-2H3/t10-,11+/m0/s1. The Labute approximate surface area is 109 Å². The van der Waals surface area contributed by atoms with Gasteiger partial charge >= 0.3 is 0 Å². The molecule has 4 heteroatoms. The summed E-state index contributed by atoms with van der Waals surface area (Å²) in [6.07, 6.45) is 3.56. The first-order valence-corrected chi connectivity index (χ1v) is 6.82. The van der Waals surface area contributed by atoms with E-state index in [1.54, 1.807) is 13.8 Å². The Morgan fingerprint density at radius 2 is 2.06 bits per heavy atom. The molecule has 1 saturated carbocycles. The van der Waals surface area contributed by atoms with Gasteiger partial charge in [0.05, 0.1) is 11.7 Å². The lowest BCUT2D eigenvalue weighted by molar-refractivity contribution is -0.150. The van der Waals surface area contributed by atoms with Gasteiger partial charge in [-0.25, -0.2) is 0 Å². The molecule has 0 aromatic carbocycles. The molecule has 0 aromatic heterocycles. The second kappa shape index (κ2) is 4.89. The molecule has 2 atom stereocenters. The number of nitrogens with zero attached hydrogens (tertiary/aromatic N) is 2. The summed E-state index contributed by atoms with van der Waals surface area (Å²) in [7, 11) is 0. The van der Waals surface area contributed by atoms with Crippen LogP contribution in [-0.4, -0.2) is 34.6 Å². The van der Waals surface area contributed by atoms with Crippen LogP contribution >= 0.6 is 0 Å². The van der Waals surface area contributed by atoms with Gasteiger partial charge in [-0.2, -0.15) is 5.26 Å². The van der Waals surface area contributed by atoms with Gasteiger partial charge in [0.15, 0.2) is 0 Å². The summed E-state index contributed by atoms with van der Waals surface area (Å²) in [5, 5.41) is 18.8. The van der Waals surface area contributed by atoms with Crippen molar-refractivity contribution in [1.29, 1.82) is 5.26 Å². The molecular weight excluding hydrogens is 228 g/mol. The van der Waals surface area contributed by atoms with Crippen molar-refractivity contribution < 1.29 is 9.90 Å². The number of amides is 1. The van der Waals surface area contributed by atoms with Gasteiger partial charge < -0.3 is 10.0 Å². The largest absolute Gasteiger partial charge is 0.390 e. The van der Waals surface area contributed by atoms with E-state index in [2.05, 4.69) is 6.07 Å². The Balaban J connectivity index is 1.85. The summed E-state index contributed by atoms with van der Waals surface area (Å²) in [4.78, 5) is 14.1. The summed E-state index contributed by atoms with van der Waals surface area (Å²) in [6.45, 7) is 4.92. The predicted molar refractivity (Wildman–Crippen MR) is 67.4 cm³/mol. The molecule has 100 valence electrons. The molecule has 1 aliphatic carbocycles. The topological polar surface area (TPSA) is 64.3 Å². The fourth-order valence-corrected chi connectivity index (χ4v) is 2.89. The molecule has 1 heterocycles. The van der Waals surface area contributed by atoms with E-state index in [-0.39, 0.29) is 23.7 Å². The van der Waals surface area contributed by atoms with E-state index in [0.29, 0.717) is 13.1 Å². The number of aliphatic hydroxyl groups is 1. The molecule has 1 amide bonds. The fourth-order valence-electron chi connectivity index (χ4n) is 2.89. The third-order valence-electron chi connectivity index (χ3n) is 4.40. The molecular formula is C14H22N2O2. The van der Waals surface area contributed by atoms with Gasteiger partial charge in [0.25, 0.3) is 0 Å². The number of nitriles is 1. The van der Waals surface area contributed by atoms with Gasteiger partial charge in [-0.05, 0) is 33.1 Å². The van der Waals surface area contributed by atoms with E-state index in [9.17, 15) is 9.90 Å². The van der Waals surface area contributed by atoms with Crippen LogP contribution in [0.5, 0.6) is 0 Å². The van der Waals surface area contributed by atoms with Gasteiger partial charge in [0.2, 0.25) is 5.91 Å². The lowest BCUT2D eigenvalue weighted by Crippen LogP contribution is -2.59. The molecule has 4 nitrogen and oxygen atoms in total. The van der Waals surface area contributed by atoms with Crippen LogP contribution < -0.4 is 0 Å². The zero-order chi connectivity index (χ0) is 13.3. The molecule has 0 spiro atoms. The van der Waals surface area contributed by atoms with E-state index >= 15 is 0 Å². The highest BCUT2D eigenvalue weighted by Crippen LogP contribution is 2.33. The van der Waals surface area contributed by atoms with E-state index in [0.717, 1.165) is 25.7 Å². The van der Waals surface area contributed by atoms with Crippen molar-refractivity contribution in [1.82, 2.24) is 4.90 Å². The van der Waals surface area contributed by atoms with Crippen LogP contribution in [0, 0.1) is 29.1 Å². The highest BCUT2D eigenvalue weighted by atomic mass is 16.3. The Hall–Kier alpha value is -1.08. The van der Waals surface area contributed by atoms with Crippen molar-refractivity contribution >= 4 is 5.91 Å². The summed E-state index contributed by atoms with van der Waals surface area (Å²) in [5.41, 5.74) is -0.696. The quantitative estimate of drug-likeness (QED) is 0.808. The fraction of sp³-hybridized carbons (Fsp3) is 0.857. The number of hydrogen-bond donors (Lipinski definition) is 1. The van der Waals surface area contributed by atoms with Crippen molar-refractivity contribution in [2.45, 2.75) is 45.1 Å². The molecule has 2 rings (SSSR count). The summed E-state index contributed by atoms with van der Waals surface area (Å²) in [6, 6.07) is 2.29. The molecule has 18 heavy (non-hydrogen) atoms. The number of carbonyl (C=O) groups is 1. The maximum absolute atomic E-state index is 12.2. The number of rotatable bonds is 2. The monoisotopic (exact) mass is 250 g/mol. The minimum Gasteiger partial charge on any atom is -0.390 e. The highest BCUT2D eigenvalue weighted by Gasteiger charge is 2.42. The summed E-state index contributed by atoms with van der Waals surface area (Å²) >= 11 is 0. The van der Waals surface area contributed by atoms with Crippen molar-refractivity contribution in [3.63, 3.8) is 0 Å². The van der Waals surface area contributed by atoms with Gasteiger partial charge in [-0.3, -0.25) is 4.79 Å². The van der Waals surface area contributed by atoms with Gasteiger partial charge in [-0.1, -0.05) is 6.42 Å². The first-order chi connectivity index (χ1) is 8.41. The number of carbonyl (C=O) groups excluding carboxylic acids is 1. The van der Waals surface area contributed by atoms with Gasteiger partial charge in [0, 0.05) is 30.8 Å². The molecule has 1 saturated heterocycles. The Bertz CT molecular complexity index is 361. The van der Waals surface area contributed by atoms with E-state index in [1.165, 1.54) is 0 Å². The molecule has 2 aliphatic rings. The van der Waals surface area contributed by atoms with E-state index in [4.69, 9.17) is 5.26 Å².